The molecule has 52 heavy (non-hydrogen) atoms. The zero-order valence-electron chi connectivity index (χ0n) is 34.8. The molecule has 2 nitrogen and oxygen atoms in total. The summed E-state index contributed by atoms with van der Waals surface area (Å²) in [5.41, 5.74) is 21.2. The second-order valence-corrected chi connectivity index (χ2v) is 24.7. The van der Waals surface area contributed by atoms with Gasteiger partial charge in [0.15, 0.2) is 7.38 Å². The zero-order chi connectivity index (χ0) is 38.7. The lowest BCUT2D eigenvalue weighted by Crippen LogP contribution is -2.28. The van der Waals surface area contributed by atoms with Crippen molar-refractivity contribution < 1.29 is 9.47 Å². The van der Waals surface area contributed by atoms with Crippen molar-refractivity contribution in [2.45, 2.75) is 119 Å². The minimum atomic E-state index is -1.93. The third-order valence-electron chi connectivity index (χ3n) is 10.5. The van der Waals surface area contributed by atoms with E-state index in [2.05, 4.69) is 157 Å². The van der Waals surface area contributed by atoms with Gasteiger partial charge in [-0.05, 0) is 98.2 Å². The number of fused-ring (bicyclic) bond motifs is 2. The number of methoxy groups -OCH3 is 2. The Morgan fingerprint density at radius 2 is 1.06 bits per heavy atom. The molecule has 4 aromatic carbocycles. The predicted octanol–water partition coefficient (Wildman–Crippen LogP) is 14.0. The Morgan fingerprint density at radius 1 is 0.615 bits per heavy atom. The van der Waals surface area contributed by atoms with Crippen molar-refractivity contribution in [1.29, 1.82) is 0 Å². The van der Waals surface area contributed by atoms with E-state index < -0.39 is 7.38 Å². The molecule has 4 aromatic rings. The Hall–Kier alpha value is -3.53. The van der Waals surface area contributed by atoms with Crippen LogP contribution in [0.5, 0.6) is 11.5 Å². The third kappa shape index (κ3) is 7.87. The first kappa shape index (κ1) is 39.7. The van der Waals surface area contributed by atoms with Gasteiger partial charge in [0, 0.05) is 27.8 Å². The Bertz CT molecular complexity index is 2050. The highest BCUT2D eigenvalue weighted by Gasteiger charge is 2.40. The molecule has 0 saturated carbocycles. The maximum Gasteiger partial charge on any atom is 0.161 e. The number of allylic oxidation sites excluding steroid dienone is 2. The van der Waals surface area contributed by atoms with Crippen LogP contribution in [0.3, 0.4) is 0 Å². The van der Waals surface area contributed by atoms with Crippen LogP contribution < -0.4 is 9.47 Å². The van der Waals surface area contributed by atoms with Crippen LogP contribution in [-0.2, 0) is 17.3 Å². The standard InChI is InChI=1S/C25H33ClOSi.C23H28O/c1-15-10-16(2)12-18(11-15)22-19-13-17(3)24(28(8,9)26)20(19)14-21(23(22)27-7)25(4,5)6;1-14-8-15(2)11-18(10-14)21-19-12-16(3)9-17(19)13-20(22(21)24-7)23(4,5)6/h10-14,24H,1-9H3;8-11,13H,12H2,1-7H3. The van der Waals surface area contributed by atoms with Crippen LogP contribution >= 0.6 is 11.1 Å². The summed E-state index contributed by atoms with van der Waals surface area (Å²) >= 11 is 7.02. The van der Waals surface area contributed by atoms with Crippen molar-refractivity contribution in [1.82, 2.24) is 0 Å². The molecule has 6 rings (SSSR count). The van der Waals surface area contributed by atoms with Crippen LogP contribution in [0.15, 0.2) is 59.7 Å². The Balaban J connectivity index is 0.000000203. The van der Waals surface area contributed by atoms with Crippen molar-refractivity contribution in [2.24, 2.45) is 0 Å². The number of halogens is 1. The molecule has 2 aliphatic rings. The molecule has 0 bridgehead atoms. The quantitative estimate of drug-likeness (QED) is 0.150. The Morgan fingerprint density at radius 3 is 1.50 bits per heavy atom. The van der Waals surface area contributed by atoms with Crippen LogP contribution in [-0.4, -0.2) is 21.6 Å². The van der Waals surface area contributed by atoms with Gasteiger partial charge >= 0.3 is 0 Å². The van der Waals surface area contributed by atoms with Gasteiger partial charge in [-0.2, -0.15) is 11.1 Å². The van der Waals surface area contributed by atoms with E-state index >= 15 is 0 Å². The number of hydrogen-bond acceptors (Lipinski definition) is 2. The lowest BCUT2D eigenvalue weighted by molar-refractivity contribution is 0.398. The largest absolute Gasteiger partial charge is 0.496 e. The summed E-state index contributed by atoms with van der Waals surface area (Å²) in [6, 6.07) is 18.3. The number of benzene rings is 4. The second kappa shape index (κ2) is 14.4. The highest BCUT2D eigenvalue weighted by Crippen LogP contribution is 2.52. The topological polar surface area (TPSA) is 18.5 Å². The fraction of sp³-hybridized carbons (Fsp3) is 0.417. The maximum absolute atomic E-state index is 7.02. The average Bonchev–Trinajstić information content (AvgIpc) is 3.55. The number of ether oxygens (including phenoxy) is 2. The van der Waals surface area contributed by atoms with E-state index in [9.17, 15) is 0 Å². The molecule has 0 radical (unpaired) electrons. The van der Waals surface area contributed by atoms with E-state index in [1.165, 1.54) is 89.0 Å². The molecule has 2 aliphatic carbocycles. The normalized spacial score (nSPS) is 15.4. The summed E-state index contributed by atoms with van der Waals surface area (Å²) in [5.74, 6) is 2.03. The fourth-order valence-electron chi connectivity index (χ4n) is 8.57. The van der Waals surface area contributed by atoms with Gasteiger partial charge in [-0.25, -0.2) is 0 Å². The van der Waals surface area contributed by atoms with Gasteiger partial charge in [0.2, 0.25) is 0 Å². The molecular formula is C48H61ClO2Si. The minimum absolute atomic E-state index is 0.0208. The molecule has 0 saturated heterocycles. The molecule has 0 amide bonds. The van der Waals surface area contributed by atoms with Gasteiger partial charge in [-0.1, -0.05) is 143 Å². The molecule has 0 spiro atoms. The van der Waals surface area contributed by atoms with Crippen LogP contribution in [0.1, 0.15) is 117 Å². The molecule has 1 atom stereocenters. The van der Waals surface area contributed by atoms with Crippen LogP contribution in [0.25, 0.3) is 34.4 Å². The summed E-state index contributed by atoms with van der Waals surface area (Å²) in [4.78, 5) is 0. The number of rotatable bonds is 5. The lowest BCUT2D eigenvalue weighted by Gasteiger charge is -2.30. The third-order valence-corrected chi connectivity index (χ3v) is 13.3. The van der Waals surface area contributed by atoms with Gasteiger partial charge in [0.05, 0.1) is 14.2 Å². The van der Waals surface area contributed by atoms with Crippen molar-refractivity contribution >= 4 is 30.6 Å². The average molecular weight is 734 g/mol. The second-order valence-electron chi connectivity index (χ2n) is 18.0. The fourth-order valence-corrected chi connectivity index (χ4v) is 11.6. The first-order valence-electron chi connectivity index (χ1n) is 18.8. The van der Waals surface area contributed by atoms with Gasteiger partial charge < -0.3 is 9.47 Å². The van der Waals surface area contributed by atoms with Crippen molar-refractivity contribution in [2.75, 3.05) is 14.2 Å². The van der Waals surface area contributed by atoms with Crippen LogP contribution in [0.4, 0.5) is 0 Å². The molecule has 276 valence electrons. The van der Waals surface area contributed by atoms with Gasteiger partial charge in [0.1, 0.15) is 11.5 Å². The molecule has 0 fully saturated rings. The van der Waals surface area contributed by atoms with E-state index in [0.29, 0.717) is 5.54 Å². The van der Waals surface area contributed by atoms with Gasteiger partial charge in [0.25, 0.3) is 0 Å². The lowest BCUT2D eigenvalue weighted by atomic mass is 9.81. The van der Waals surface area contributed by atoms with Crippen LogP contribution in [0, 0.1) is 27.7 Å². The van der Waals surface area contributed by atoms with Crippen molar-refractivity contribution in [3.8, 4) is 33.8 Å². The first-order valence-corrected chi connectivity index (χ1v) is 22.8. The Kier molecular flexibility index (Phi) is 11.0. The van der Waals surface area contributed by atoms with Gasteiger partial charge in [-0.15, -0.1) is 0 Å². The summed E-state index contributed by atoms with van der Waals surface area (Å²) in [5, 5.41) is 0. The number of hydrogen-bond donors (Lipinski definition) is 0. The smallest absolute Gasteiger partial charge is 0.161 e. The van der Waals surface area contributed by atoms with Gasteiger partial charge in [-0.3, -0.25) is 0 Å². The van der Waals surface area contributed by atoms with Crippen LogP contribution in [0.2, 0.25) is 13.1 Å². The summed E-state index contributed by atoms with van der Waals surface area (Å²) in [7, 11) is 1.67. The van der Waals surface area contributed by atoms with Crippen molar-refractivity contribution in [3.63, 3.8) is 0 Å². The van der Waals surface area contributed by atoms with E-state index in [1.54, 1.807) is 14.2 Å². The summed E-state index contributed by atoms with van der Waals surface area (Å²) < 4.78 is 12.0. The van der Waals surface area contributed by atoms with E-state index in [4.69, 9.17) is 20.6 Å². The number of aryl methyl sites for hydroxylation is 4. The van der Waals surface area contributed by atoms with E-state index in [0.717, 1.165) is 17.9 Å². The highest BCUT2D eigenvalue weighted by molar-refractivity contribution is 7.20. The molecule has 0 aliphatic heterocycles. The monoisotopic (exact) mass is 732 g/mol. The molecule has 0 aromatic heterocycles. The first-order chi connectivity index (χ1) is 24.0. The molecule has 1 unspecified atom stereocenters. The maximum atomic E-state index is 7.02. The Labute approximate surface area is 321 Å². The minimum Gasteiger partial charge on any atom is -0.496 e. The summed E-state index contributed by atoms with van der Waals surface area (Å²) in [6.07, 6.45) is 5.69. The molecule has 0 N–H and O–H groups in total. The predicted molar refractivity (Wildman–Crippen MR) is 230 cm³/mol. The highest BCUT2D eigenvalue weighted by atomic mass is 35.6. The van der Waals surface area contributed by atoms with E-state index in [-0.39, 0.29) is 10.8 Å². The summed E-state index contributed by atoms with van der Waals surface area (Å²) in [6.45, 7) is 31.2. The zero-order valence-corrected chi connectivity index (χ0v) is 36.5. The molecule has 0 heterocycles. The molecule has 4 heteroatoms. The molecular weight excluding hydrogens is 672 g/mol. The van der Waals surface area contributed by atoms with E-state index in [1.807, 2.05) is 0 Å². The SMILES string of the molecule is COc1c(C(C)(C)C)cc2c(c1-c1cc(C)cc(C)c1)C=C(C)C2[Si](C)(C)Cl.COc1c(C(C)(C)C)cc2c(c1-c1cc(C)cc(C)c1)CC(C)=C2. The van der Waals surface area contributed by atoms with Crippen molar-refractivity contribution in [3.05, 3.63) is 115 Å².